The first kappa shape index (κ1) is 13.3. The number of hydrogen-bond donors (Lipinski definition) is 0. The van der Waals surface area contributed by atoms with Crippen LogP contribution in [0, 0.1) is 0 Å². The van der Waals surface area contributed by atoms with Gasteiger partial charge >= 0.3 is 0 Å². The van der Waals surface area contributed by atoms with E-state index >= 15 is 0 Å². The van der Waals surface area contributed by atoms with Gasteiger partial charge in [0.2, 0.25) is 0 Å². The molecule has 0 fully saturated rings. The molecule has 0 heterocycles. The van der Waals surface area contributed by atoms with Gasteiger partial charge in [-0.05, 0) is 31.0 Å². The maximum atomic E-state index is 5.88. The fourth-order valence-electron chi connectivity index (χ4n) is 1.21. The van der Waals surface area contributed by atoms with E-state index < -0.39 is 0 Å². The Bertz CT molecular complexity index is 294. The summed E-state index contributed by atoms with van der Waals surface area (Å²) in [5.41, 5.74) is 0. The quantitative estimate of drug-likeness (QED) is 0.674. The molecule has 0 saturated heterocycles. The van der Waals surface area contributed by atoms with Crippen LogP contribution in [0.5, 0.6) is 5.75 Å². The smallest absolute Gasteiger partial charge is 0.121 e. The van der Waals surface area contributed by atoms with Crippen molar-refractivity contribution in [2.24, 2.45) is 0 Å². The van der Waals surface area contributed by atoms with Crippen molar-refractivity contribution in [1.29, 1.82) is 0 Å². The van der Waals surface area contributed by atoms with Gasteiger partial charge in [-0.25, -0.2) is 0 Å². The third kappa shape index (κ3) is 5.23. The van der Waals surface area contributed by atoms with E-state index in [1.807, 2.05) is 24.3 Å². The largest absolute Gasteiger partial charge is 0.490 e. The van der Waals surface area contributed by atoms with Crippen molar-refractivity contribution in [3.63, 3.8) is 0 Å². The molecule has 0 N–H and O–H groups in total. The molecule has 1 rings (SSSR count). The Hall–Kier alpha value is 0.270. The summed E-state index contributed by atoms with van der Waals surface area (Å²) in [5, 5.41) is 2.56. The summed E-state index contributed by atoms with van der Waals surface area (Å²) < 4.78 is 5.79. The van der Waals surface area contributed by atoms with Crippen molar-refractivity contribution < 1.29 is 4.74 Å². The zero-order valence-electron chi connectivity index (χ0n) is 8.26. The SMILES string of the molecule is Clc1cccc(O[C@H](CBr)CCCBr)c1. The molecule has 0 unspecified atom stereocenters. The highest BCUT2D eigenvalue weighted by molar-refractivity contribution is 9.09. The summed E-state index contributed by atoms with van der Waals surface area (Å²) in [6, 6.07) is 7.50. The zero-order valence-corrected chi connectivity index (χ0v) is 12.2. The van der Waals surface area contributed by atoms with E-state index in [2.05, 4.69) is 31.9 Å². The van der Waals surface area contributed by atoms with E-state index in [4.69, 9.17) is 16.3 Å². The molecule has 0 saturated carbocycles. The van der Waals surface area contributed by atoms with Gasteiger partial charge in [-0.2, -0.15) is 0 Å². The van der Waals surface area contributed by atoms with Crippen molar-refractivity contribution in [2.75, 3.05) is 10.7 Å². The highest BCUT2D eigenvalue weighted by Crippen LogP contribution is 2.20. The molecular formula is C11H13Br2ClO. The molecular weight excluding hydrogens is 343 g/mol. The van der Waals surface area contributed by atoms with Crippen LogP contribution < -0.4 is 4.74 Å². The number of ether oxygens (including phenoxy) is 1. The van der Waals surface area contributed by atoms with Crippen LogP contribution in [0.1, 0.15) is 12.8 Å². The summed E-state index contributed by atoms with van der Waals surface area (Å²) in [4.78, 5) is 0. The molecule has 4 heteroatoms. The fourth-order valence-corrected chi connectivity index (χ4v) is 2.17. The summed E-state index contributed by atoms with van der Waals surface area (Å²) in [6.07, 6.45) is 2.35. The van der Waals surface area contributed by atoms with E-state index in [0.717, 1.165) is 29.3 Å². The molecule has 0 aliphatic heterocycles. The second-order valence-electron chi connectivity index (χ2n) is 3.18. The summed E-state index contributed by atoms with van der Waals surface area (Å²) in [5.74, 6) is 0.835. The Morgan fingerprint density at radius 1 is 1.33 bits per heavy atom. The highest BCUT2D eigenvalue weighted by atomic mass is 79.9. The minimum absolute atomic E-state index is 0.209. The molecule has 1 aromatic rings. The molecule has 0 spiro atoms. The first-order valence-corrected chi connectivity index (χ1v) is 7.42. The molecule has 0 amide bonds. The average molecular weight is 356 g/mol. The first-order chi connectivity index (χ1) is 7.26. The zero-order chi connectivity index (χ0) is 11.1. The van der Waals surface area contributed by atoms with Crippen molar-refractivity contribution in [2.45, 2.75) is 18.9 Å². The number of alkyl halides is 2. The molecule has 0 aliphatic carbocycles. The van der Waals surface area contributed by atoms with E-state index in [1.165, 1.54) is 0 Å². The monoisotopic (exact) mass is 354 g/mol. The van der Waals surface area contributed by atoms with Gasteiger partial charge in [0.1, 0.15) is 11.9 Å². The van der Waals surface area contributed by atoms with Crippen molar-refractivity contribution in [1.82, 2.24) is 0 Å². The summed E-state index contributed by atoms with van der Waals surface area (Å²) in [7, 11) is 0. The first-order valence-electron chi connectivity index (χ1n) is 4.80. The van der Waals surface area contributed by atoms with Gasteiger partial charge in [-0.3, -0.25) is 0 Å². The van der Waals surface area contributed by atoms with Crippen molar-refractivity contribution in [3.05, 3.63) is 29.3 Å². The fraction of sp³-hybridized carbons (Fsp3) is 0.455. The van der Waals surface area contributed by atoms with Crippen LogP contribution in [0.25, 0.3) is 0 Å². The van der Waals surface area contributed by atoms with Crippen LogP contribution in [0.3, 0.4) is 0 Å². The second kappa shape index (κ2) is 7.53. The lowest BCUT2D eigenvalue weighted by atomic mass is 10.2. The predicted octanol–water partition coefficient (Wildman–Crippen LogP) is 4.66. The molecule has 0 aromatic heterocycles. The molecule has 0 bridgehead atoms. The minimum atomic E-state index is 0.209. The lowest BCUT2D eigenvalue weighted by molar-refractivity contribution is 0.216. The summed E-state index contributed by atoms with van der Waals surface area (Å²) >= 11 is 12.7. The third-order valence-electron chi connectivity index (χ3n) is 1.93. The van der Waals surface area contributed by atoms with Crippen LogP contribution in [0.2, 0.25) is 5.02 Å². The number of rotatable bonds is 6. The standard InChI is InChI=1S/C11H13Br2ClO/c12-6-2-5-11(8-13)15-10-4-1-3-9(14)7-10/h1,3-4,7,11H,2,5-6,8H2/t11-/m0/s1. The van der Waals surface area contributed by atoms with Gasteiger partial charge in [0, 0.05) is 15.7 Å². The normalized spacial score (nSPS) is 12.5. The van der Waals surface area contributed by atoms with Gasteiger partial charge in [0.25, 0.3) is 0 Å². The Balaban J connectivity index is 2.50. The van der Waals surface area contributed by atoms with Crippen molar-refractivity contribution in [3.8, 4) is 5.75 Å². The molecule has 1 atom stereocenters. The Kier molecular flexibility index (Phi) is 6.69. The van der Waals surface area contributed by atoms with Gasteiger partial charge in [0.15, 0.2) is 0 Å². The van der Waals surface area contributed by atoms with E-state index in [9.17, 15) is 0 Å². The van der Waals surface area contributed by atoms with Crippen molar-refractivity contribution >= 4 is 43.5 Å². The Morgan fingerprint density at radius 2 is 2.13 bits per heavy atom. The molecule has 15 heavy (non-hydrogen) atoms. The maximum absolute atomic E-state index is 5.88. The van der Waals surface area contributed by atoms with Gasteiger partial charge in [-0.1, -0.05) is 49.5 Å². The van der Waals surface area contributed by atoms with Crippen LogP contribution in [-0.4, -0.2) is 16.8 Å². The van der Waals surface area contributed by atoms with E-state index in [0.29, 0.717) is 5.02 Å². The van der Waals surface area contributed by atoms with Gasteiger partial charge in [-0.15, -0.1) is 0 Å². The molecule has 1 aromatic carbocycles. The second-order valence-corrected chi connectivity index (χ2v) is 5.06. The average Bonchev–Trinajstić information content (AvgIpc) is 2.24. The van der Waals surface area contributed by atoms with E-state index in [-0.39, 0.29) is 6.10 Å². The van der Waals surface area contributed by atoms with E-state index in [1.54, 1.807) is 0 Å². The lowest BCUT2D eigenvalue weighted by Crippen LogP contribution is -2.18. The van der Waals surface area contributed by atoms with Crippen LogP contribution in [-0.2, 0) is 0 Å². The maximum Gasteiger partial charge on any atom is 0.121 e. The van der Waals surface area contributed by atoms with Crippen LogP contribution in [0.4, 0.5) is 0 Å². The Morgan fingerprint density at radius 3 is 2.73 bits per heavy atom. The number of benzene rings is 1. The molecule has 1 nitrogen and oxygen atoms in total. The van der Waals surface area contributed by atoms with Gasteiger partial charge < -0.3 is 4.74 Å². The third-order valence-corrected chi connectivity index (χ3v) is 3.45. The highest BCUT2D eigenvalue weighted by Gasteiger charge is 2.08. The minimum Gasteiger partial charge on any atom is -0.490 e. The Labute approximate surface area is 112 Å². The summed E-state index contributed by atoms with van der Waals surface area (Å²) in [6.45, 7) is 0. The molecule has 0 aliphatic rings. The number of halogens is 3. The number of hydrogen-bond acceptors (Lipinski definition) is 1. The van der Waals surface area contributed by atoms with Crippen LogP contribution in [0.15, 0.2) is 24.3 Å². The lowest BCUT2D eigenvalue weighted by Gasteiger charge is -2.16. The predicted molar refractivity (Wildman–Crippen MR) is 72.7 cm³/mol. The van der Waals surface area contributed by atoms with Gasteiger partial charge in [0.05, 0.1) is 0 Å². The topological polar surface area (TPSA) is 9.23 Å². The van der Waals surface area contributed by atoms with Crippen LogP contribution >= 0.6 is 43.5 Å². The molecule has 84 valence electrons. The molecule has 0 radical (unpaired) electrons.